The summed E-state index contributed by atoms with van der Waals surface area (Å²) in [6.07, 6.45) is 0.743. The number of ether oxygens (including phenoxy) is 2. The molecule has 20 heavy (non-hydrogen) atoms. The fourth-order valence-corrected chi connectivity index (χ4v) is 2.99. The molecule has 0 bridgehead atoms. The predicted octanol–water partition coefficient (Wildman–Crippen LogP) is 3.59. The Kier molecular flexibility index (Phi) is 5.26. The Morgan fingerprint density at radius 2 is 2.15 bits per heavy atom. The predicted molar refractivity (Wildman–Crippen MR) is 85.8 cm³/mol. The molecular weight excluding hydrogens is 369 g/mol. The first-order valence-electron chi connectivity index (χ1n) is 6.75. The average molecular weight is 389 g/mol. The molecule has 1 atom stereocenters. The van der Waals surface area contributed by atoms with Crippen LogP contribution >= 0.6 is 22.6 Å². The second-order valence-corrected chi connectivity index (χ2v) is 6.39. The fraction of sp³-hybridized carbons (Fsp3) is 0.533. The molecule has 0 spiro atoms. The van der Waals surface area contributed by atoms with E-state index in [1.807, 2.05) is 44.2 Å². The van der Waals surface area contributed by atoms with Crippen LogP contribution in [0.4, 0.5) is 4.79 Å². The summed E-state index contributed by atoms with van der Waals surface area (Å²) in [6, 6.07) is 9.69. The minimum absolute atomic E-state index is 0.103. The number of carbonyl (C=O) groups is 1. The molecule has 5 heteroatoms. The van der Waals surface area contributed by atoms with Gasteiger partial charge in [0.2, 0.25) is 0 Å². The normalized spacial score (nSPS) is 20.9. The minimum Gasteiger partial charge on any atom is -0.444 e. The molecule has 0 unspecified atom stereocenters. The second kappa shape index (κ2) is 6.76. The van der Waals surface area contributed by atoms with Gasteiger partial charge in [-0.25, -0.2) is 4.79 Å². The van der Waals surface area contributed by atoms with Crippen LogP contribution in [0.25, 0.3) is 0 Å². The van der Waals surface area contributed by atoms with Crippen LogP contribution in [-0.2, 0) is 16.1 Å². The topological polar surface area (TPSA) is 38.8 Å². The monoisotopic (exact) mass is 389 g/mol. The lowest BCUT2D eigenvalue weighted by Crippen LogP contribution is -2.43. The van der Waals surface area contributed by atoms with E-state index in [9.17, 15) is 4.79 Å². The first-order valence-corrected chi connectivity index (χ1v) is 8.27. The molecule has 1 saturated heterocycles. The van der Waals surface area contributed by atoms with Crippen molar-refractivity contribution in [3.63, 3.8) is 0 Å². The largest absolute Gasteiger partial charge is 0.444 e. The molecule has 1 aliphatic rings. The summed E-state index contributed by atoms with van der Waals surface area (Å²) < 4.78 is 12.3. The van der Waals surface area contributed by atoms with Gasteiger partial charge in [0.05, 0.1) is 12.6 Å². The number of hydrogen-bond acceptors (Lipinski definition) is 3. The zero-order valence-corrected chi connectivity index (χ0v) is 14.0. The molecule has 0 N–H and O–H groups in total. The van der Waals surface area contributed by atoms with Crippen LogP contribution in [0.15, 0.2) is 30.3 Å². The molecule has 0 aromatic heterocycles. The number of halogens is 1. The van der Waals surface area contributed by atoms with Gasteiger partial charge in [-0.05, 0) is 25.8 Å². The zero-order chi connectivity index (χ0) is 14.6. The SMILES string of the molecule is CC1(C)O[C@H](CCI)CN1C(=O)OCc1ccccc1. The highest BCUT2D eigenvalue weighted by Gasteiger charge is 2.42. The van der Waals surface area contributed by atoms with Gasteiger partial charge >= 0.3 is 6.09 Å². The van der Waals surface area contributed by atoms with Crippen LogP contribution in [0.3, 0.4) is 0 Å². The number of alkyl halides is 1. The lowest BCUT2D eigenvalue weighted by molar-refractivity contribution is -0.0704. The van der Waals surface area contributed by atoms with Crippen LogP contribution < -0.4 is 0 Å². The average Bonchev–Trinajstić information content (AvgIpc) is 2.72. The highest BCUT2D eigenvalue weighted by atomic mass is 127. The molecule has 0 saturated carbocycles. The van der Waals surface area contributed by atoms with Crippen molar-refractivity contribution in [2.24, 2.45) is 0 Å². The van der Waals surface area contributed by atoms with Gasteiger partial charge in [0.15, 0.2) is 0 Å². The van der Waals surface area contributed by atoms with Gasteiger partial charge in [0, 0.05) is 4.43 Å². The highest BCUT2D eigenvalue weighted by Crippen LogP contribution is 2.29. The smallest absolute Gasteiger partial charge is 0.412 e. The van der Waals surface area contributed by atoms with Gasteiger partial charge in [0.1, 0.15) is 12.3 Å². The van der Waals surface area contributed by atoms with Crippen LogP contribution in [0.2, 0.25) is 0 Å². The maximum atomic E-state index is 12.2. The molecule has 0 radical (unpaired) electrons. The second-order valence-electron chi connectivity index (χ2n) is 5.32. The standard InChI is InChI=1S/C15H20INO3/c1-15(2)17(10-13(20-15)8-9-16)14(18)19-11-12-6-4-3-5-7-12/h3-7,13H,8-11H2,1-2H3/t13-/m1/s1. The number of nitrogens with zero attached hydrogens (tertiary/aromatic N) is 1. The number of rotatable bonds is 4. The van der Waals surface area contributed by atoms with Crippen molar-refractivity contribution in [3.8, 4) is 0 Å². The Morgan fingerprint density at radius 1 is 1.45 bits per heavy atom. The number of carbonyl (C=O) groups excluding carboxylic acids is 1. The third kappa shape index (κ3) is 3.85. The van der Waals surface area contributed by atoms with Gasteiger partial charge < -0.3 is 9.47 Å². The minimum atomic E-state index is -0.593. The quantitative estimate of drug-likeness (QED) is 0.584. The molecule has 2 rings (SSSR count). The Morgan fingerprint density at radius 3 is 2.80 bits per heavy atom. The van der Waals surface area contributed by atoms with Crippen LogP contribution in [0.5, 0.6) is 0 Å². The van der Waals surface area contributed by atoms with Gasteiger partial charge in [-0.15, -0.1) is 0 Å². The van der Waals surface area contributed by atoms with Crippen molar-refractivity contribution >= 4 is 28.7 Å². The van der Waals surface area contributed by atoms with E-state index in [1.165, 1.54) is 0 Å². The first kappa shape index (κ1) is 15.6. The summed E-state index contributed by atoms with van der Waals surface area (Å²) in [5.41, 5.74) is 0.395. The van der Waals surface area contributed by atoms with E-state index in [-0.39, 0.29) is 12.2 Å². The van der Waals surface area contributed by atoms with Crippen LogP contribution in [0, 0.1) is 0 Å². The Balaban J connectivity index is 1.91. The van der Waals surface area contributed by atoms with E-state index in [1.54, 1.807) is 4.90 Å². The van der Waals surface area contributed by atoms with Gasteiger partial charge in [0.25, 0.3) is 0 Å². The Labute approximate surface area is 133 Å². The highest BCUT2D eigenvalue weighted by molar-refractivity contribution is 14.1. The number of hydrogen-bond donors (Lipinski definition) is 0. The molecule has 1 fully saturated rings. The third-order valence-corrected chi connectivity index (χ3v) is 3.97. The van der Waals surface area contributed by atoms with Crippen molar-refractivity contribution in [1.82, 2.24) is 4.90 Å². The molecule has 1 heterocycles. The van der Waals surface area contributed by atoms with Crippen molar-refractivity contribution in [3.05, 3.63) is 35.9 Å². The molecule has 0 aliphatic carbocycles. The lowest BCUT2D eigenvalue weighted by Gasteiger charge is -2.28. The van der Waals surface area contributed by atoms with Crippen molar-refractivity contribution in [2.75, 3.05) is 11.0 Å². The van der Waals surface area contributed by atoms with Crippen LogP contribution in [0.1, 0.15) is 25.8 Å². The Bertz CT molecular complexity index is 450. The molecule has 4 nitrogen and oxygen atoms in total. The summed E-state index contributed by atoms with van der Waals surface area (Å²) in [6.45, 7) is 4.71. The molecule has 1 aromatic rings. The maximum Gasteiger partial charge on any atom is 0.412 e. The summed E-state index contributed by atoms with van der Waals surface area (Å²) >= 11 is 2.32. The summed E-state index contributed by atoms with van der Waals surface area (Å²) in [5, 5.41) is 0. The van der Waals surface area contributed by atoms with E-state index in [0.717, 1.165) is 16.4 Å². The first-order chi connectivity index (χ1) is 9.53. The van der Waals surface area contributed by atoms with E-state index in [4.69, 9.17) is 9.47 Å². The van der Waals surface area contributed by atoms with Crippen molar-refractivity contribution in [1.29, 1.82) is 0 Å². The molecular formula is C15H20INO3. The number of benzene rings is 1. The van der Waals surface area contributed by atoms with E-state index in [2.05, 4.69) is 22.6 Å². The van der Waals surface area contributed by atoms with E-state index < -0.39 is 5.72 Å². The van der Waals surface area contributed by atoms with Gasteiger partial charge in [-0.2, -0.15) is 0 Å². The summed E-state index contributed by atoms with van der Waals surface area (Å²) in [5.74, 6) is 0. The Hall–Kier alpha value is -0.820. The van der Waals surface area contributed by atoms with Crippen molar-refractivity contribution < 1.29 is 14.3 Å². The van der Waals surface area contributed by atoms with Crippen molar-refractivity contribution in [2.45, 2.75) is 38.7 Å². The third-order valence-electron chi connectivity index (χ3n) is 3.35. The summed E-state index contributed by atoms with van der Waals surface area (Å²) in [4.78, 5) is 13.9. The lowest BCUT2D eigenvalue weighted by atomic mass is 10.2. The molecule has 1 aromatic carbocycles. The molecule has 1 aliphatic heterocycles. The van der Waals surface area contributed by atoms with Crippen LogP contribution in [-0.4, -0.2) is 33.8 Å². The van der Waals surface area contributed by atoms with E-state index >= 15 is 0 Å². The van der Waals surface area contributed by atoms with Gasteiger partial charge in [-0.3, -0.25) is 4.90 Å². The molecule has 1 amide bonds. The number of amides is 1. The fourth-order valence-electron chi connectivity index (χ4n) is 2.30. The maximum absolute atomic E-state index is 12.2. The summed E-state index contributed by atoms with van der Waals surface area (Å²) in [7, 11) is 0. The van der Waals surface area contributed by atoms with Gasteiger partial charge in [-0.1, -0.05) is 52.9 Å². The zero-order valence-electron chi connectivity index (χ0n) is 11.8. The van der Waals surface area contributed by atoms with E-state index in [0.29, 0.717) is 13.2 Å². The molecule has 110 valence electrons.